The molecule has 3 aromatic rings. The van der Waals surface area contributed by atoms with Crippen molar-refractivity contribution in [3.05, 3.63) is 48.2 Å². The van der Waals surface area contributed by atoms with Crippen LogP contribution in [0.25, 0.3) is 5.65 Å². The minimum absolute atomic E-state index is 0.112. The van der Waals surface area contributed by atoms with Crippen LogP contribution in [0.5, 0.6) is 0 Å². The molecule has 1 atom stereocenters. The lowest BCUT2D eigenvalue weighted by atomic mass is 10.1. The lowest BCUT2D eigenvalue weighted by Crippen LogP contribution is -2.24. The highest BCUT2D eigenvalue weighted by atomic mass is 16.5. The van der Waals surface area contributed by atoms with Crippen molar-refractivity contribution in [2.24, 2.45) is 4.99 Å². The second kappa shape index (κ2) is 6.81. The van der Waals surface area contributed by atoms with E-state index >= 15 is 0 Å². The topological polar surface area (TPSA) is 105 Å². The molecule has 1 aliphatic heterocycles. The number of rotatable bonds is 4. The summed E-state index contributed by atoms with van der Waals surface area (Å²) in [5.74, 6) is 1.08. The van der Waals surface area contributed by atoms with Crippen LogP contribution in [0.2, 0.25) is 0 Å². The molecule has 132 valence electrons. The maximum atomic E-state index is 11.4. The second-order valence-electron chi connectivity index (χ2n) is 5.65. The number of anilines is 3. The van der Waals surface area contributed by atoms with E-state index in [9.17, 15) is 4.79 Å². The van der Waals surface area contributed by atoms with Gasteiger partial charge in [0.2, 0.25) is 0 Å². The standard InChI is InChI=1S/C17H17N7O2/c1-18-17(25)22-15-9-24-16(21-15)6-5-14(23-24)20-12-4-2-3-11(7-12)13-8-19-10-26-13/h2-9,13H,10H2,1H3,(H,20,23)(H2,18,22,25). The predicted molar refractivity (Wildman–Crippen MR) is 98.0 cm³/mol. The summed E-state index contributed by atoms with van der Waals surface area (Å²) in [6, 6.07) is 11.2. The van der Waals surface area contributed by atoms with Gasteiger partial charge in [0, 0.05) is 18.9 Å². The molecule has 0 saturated carbocycles. The molecule has 1 aliphatic rings. The summed E-state index contributed by atoms with van der Waals surface area (Å²) in [7, 11) is 1.54. The fourth-order valence-corrected chi connectivity index (χ4v) is 2.62. The van der Waals surface area contributed by atoms with Crippen LogP contribution < -0.4 is 16.0 Å². The van der Waals surface area contributed by atoms with Crippen LogP contribution in [0.4, 0.5) is 22.1 Å². The van der Waals surface area contributed by atoms with Crippen LogP contribution in [-0.4, -0.2) is 40.6 Å². The van der Waals surface area contributed by atoms with E-state index in [0.29, 0.717) is 24.0 Å². The first kappa shape index (κ1) is 16.0. The van der Waals surface area contributed by atoms with Gasteiger partial charge >= 0.3 is 6.03 Å². The van der Waals surface area contributed by atoms with Gasteiger partial charge in [-0.25, -0.2) is 14.3 Å². The lowest BCUT2D eigenvalue weighted by Gasteiger charge is -2.10. The average molecular weight is 351 g/mol. The second-order valence-corrected chi connectivity index (χ2v) is 5.65. The first-order valence-electron chi connectivity index (χ1n) is 8.05. The molecule has 0 spiro atoms. The van der Waals surface area contributed by atoms with Crippen molar-refractivity contribution in [1.29, 1.82) is 0 Å². The van der Waals surface area contributed by atoms with Gasteiger partial charge < -0.3 is 15.4 Å². The van der Waals surface area contributed by atoms with Crippen molar-refractivity contribution in [2.45, 2.75) is 6.10 Å². The highest BCUT2D eigenvalue weighted by molar-refractivity contribution is 5.88. The minimum atomic E-state index is -0.332. The molecule has 0 fully saturated rings. The van der Waals surface area contributed by atoms with Gasteiger partial charge in [0.1, 0.15) is 12.8 Å². The molecule has 0 bridgehead atoms. The number of fused-ring (bicyclic) bond motifs is 1. The van der Waals surface area contributed by atoms with E-state index in [0.717, 1.165) is 11.3 Å². The number of carbonyl (C=O) groups excluding carboxylic acids is 1. The van der Waals surface area contributed by atoms with Gasteiger partial charge in [0.25, 0.3) is 0 Å². The normalized spacial score (nSPS) is 16.0. The van der Waals surface area contributed by atoms with E-state index in [1.54, 1.807) is 24.0 Å². The maximum Gasteiger partial charge on any atom is 0.320 e. The zero-order valence-electron chi connectivity index (χ0n) is 14.0. The molecule has 9 heteroatoms. The summed E-state index contributed by atoms with van der Waals surface area (Å²) in [6.45, 7) is 0.396. The van der Waals surface area contributed by atoms with Gasteiger partial charge in [-0.1, -0.05) is 12.1 Å². The average Bonchev–Trinajstić information content (AvgIpc) is 3.31. The van der Waals surface area contributed by atoms with Gasteiger partial charge in [-0.3, -0.25) is 10.3 Å². The van der Waals surface area contributed by atoms with Crippen molar-refractivity contribution in [1.82, 2.24) is 19.9 Å². The van der Waals surface area contributed by atoms with E-state index in [1.807, 2.05) is 36.4 Å². The largest absolute Gasteiger partial charge is 0.346 e. The van der Waals surface area contributed by atoms with Crippen molar-refractivity contribution < 1.29 is 9.53 Å². The number of hydrogen-bond acceptors (Lipinski definition) is 6. The summed E-state index contributed by atoms with van der Waals surface area (Å²) in [5.41, 5.74) is 2.55. The van der Waals surface area contributed by atoms with E-state index in [4.69, 9.17) is 4.74 Å². The molecule has 3 N–H and O–H groups in total. The number of amides is 2. The first-order valence-corrected chi connectivity index (χ1v) is 8.05. The molecular weight excluding hydrogens is 334 g/mol. The minimum Gasteiger partial charge on any atom is -0.346 e. The van der Waals surface area contributed by atoms with E-state index in [1.165, 1.54) is 0 Å². The van der Waals surface area contributed by atoms with Gasteiger partial charge in [-0.15, -0.1) is 5.10 Å². The predicted octanol–water partition coefficient (Wildman–Crippen LogP) is 2.32. The van der Waals surface area contributed by atoms with Crippen LogP contribution in [0.1, 0.15) is 11.7 Å². The quantitative estimate of drug-likeness (QED) is 0.669. The summed E-state index contributed by atoms with van der Waals surface area (Å²) < 4.78 is 7.13. The Balaban J connectivity index is 1.54. The maximum absolute atomic E-state index is 11.4. The highest BCUT2D eigenvalue weighted by Crippen LogP contribution is 2.24. The number of hydrogen-bond donors (Lipinski definition) is 3. The number of urea groups is 1. The van der Waals surface area contributed by atoms with Gasteiger partial charge in [-0.05, 0) is 29.8 Å². The molecule has 3 heterocycles. The van der Waals surface area contributed by atoms with Crippen LogP contribution in [0.3, 0.4) is 0 Å². The Morgan fingerprint density at radius 1 is 1.27 bits per heavy atom. The highest BCUT2D eigenvalue weighted by Gasteiger charge is 2.13. The zero-order chi connectivity index (χ0) is 17.9. The Morgan fingerprint density at radius 3 is 3.00 bits per heavy atom. The van der Waals surface area contributed by atoms with Crippen molar-refractivity contribution in [3.63, 3.8) is 0 Å². The summed E-state index contributed by atoms with van der Waals surface area (Å²) >= 11 is 0. The van der Waals surface area contributed by atoms with E-state index in [2.05, 4.69) is 31.0 Å². The molecule has 0 saturated heterocycles. The summed E-state index contributed by atoms with van der Waals surface area (Å²) in [6.07, 6.45) is 3.34. The number of nitrogens with zero attached hydrogens (tertiary/aromatic N) is 4. The Labute approximate surface area is 149 Å². The van der Waals surface area contributed by atoms with Crippen LogP contribution in [-0.2, 0) is 4.74 Å². The lowest BCUT2D eigenvalue weighted by molar-refractivity contribution is 0.129. The fourth-order valence-electron chi connectivity index (χ4n) is 2.62. The Kier molecular flexibility index (Phi) is 4.20. The summed E-state index contributed by atoms with van der Waals surface area (Å²) in [4.78, 5) is 19.8. The Morgan fingerprint density at radius 2 is 2.19 bits per heavy atom. The molecule has 9 nitrogen and oxygen atoms in total. The smallest absolute Gasteiger partial charge is 0.320 e. The molecule has 4 rings (SSSR count). The zero-order valence-corrected chi connectivity index (χ0v) is 14.0. The van der Waals surface area contributed by atoms with Gasteiger partial charge in [0.15, 0.2) is 17.3 Å². The third-order valence-electron chi connectivity index (χ3n) is 3.85. The van der Waals surface area contributed by atoms with Gasteiger partial charge in [-0.2, -0.15) is 0 Å². The first-order chi connectivity index (χ1) is 12.7. The third kappa shape index (κ3) is 3.33. The van der Waals surface area contributed by atoms with E-state index < -0.39 is 0 Å². The molecular formula is C17H17N7O2. The van der Waals surface area contributed by atoms with Crippen molar-refractivity contribution in [2.75, 3.05) is 24.4 Å². The number of nitrogens with one attached hydrogen (secondary N) is 3. The number of aromatic nitrogens is 3. The van der Waals surface area contributed by atoms with E-state index in [-0.39, 0.29) is 12.1 Å². The van der Waals surface area contributed by atoms with Crippen molar-refractivity contribution in [3.8, 4) is 0 Å². The molecule has 2 amide bonds. The molecule has 26 heavy (non-hydrogen) atoms. The third-order valence-corrected chi connectivity index (χ3v) is 3.85. The van der Waals surface area contributed by atoms with Crippen molar-refractivity contribution >= 4 is 35.2 Å². The molecule has 1 aromatic carbocycles. The summed E-state index contributed by atoms with van der Waals surface area (Å²) in [5, 5.41) is 12.8. The fraction of sp³-hybridized carbons (Fsp3) is 0.176. The molecule has 0 radical (unpaired) electrons. The molecule has 0 aliphatic carbocycles. The van der Waals surface area contributed by atoms with Crippen LogP contribution in [0.15, 0.2) is 47.6 Å². The number of aliphatic imine (C=N–C) groups is 1. The number of carbonyl (C=O) groups is 1. The monoisotopic (exact) mass is 351 g/mol. The SMILES string of the molecule is CNC(=O)Nc1cn2nc(Nc3cccc(C4C=NCO4)c3)ccc2n1. The van der Waals surface area contributed by atoms with Crippen LogP contribution >= 0.6 is 0 Å². The number of imidazole rings is 1. The Bertz CT molecular complexity index is 982. The number of benzene rings is 1. The van der Waals surface area contributed by atoms with Crippen LogP contribution in [0, 0.1) is 0 Å². The van der Waals surface area contributed by atoms with Gasteiger partial charge in [0.05, 0.1) is 6.20 Å². The molecule has 2 aromatic heterocycles. The Hall–Kier alpha value is -3.46. The molecule has 1 unspecified atom stereocenters. The number of ether oxygens (including phenoxy) is 1.